The summed E-state index contributed by atoms with van der Waals surface area (Å²) in [6, 6.07) is 16.2. The van der Waals surface area contributed by atoms with Crippen LogP contribution in [0.25, 0.3) is 0 Å². The second-order valence-electron chi connectivity index (χ2n) is 4.57. The fourth-order valence-electron chi connectivity index (χ4n) is 1.67. The van der Waals surface area contributed by atoms with Crippen LogP contribution < -0.4 is 16.2 Å². The van der Waals surface area contributed by atoms with E-state index in [1.165, 1.54) is 0 Å². The van der Waals surface area contributed by atoms with Gasteiger partial charge in [-0.15, -0.1) is 0 Å². The molecule has 0 unspecified atom stereocenters. The van der Waals surface area contributed by atoms with Gasteiger partial charge in [0.2, 0.25) is 0 Å². The van der Waals surface area contributed by atoms with Crippen molar-refractivity contribution in [1.29, 1.82) is 0 Å². The van der Waals surface area contributed by atoms with Crippen LogP contribution in [0.5, 0.6) is 0 Å². The molecule has 0 fully saturated rings. The van der Waals surface area contributed by atoms with Gasteiger partial charge in [-0.25, -0.2) is 4.79 Å². The minimum Gasteiger partial charge on any atom is -0.445 e. The first-order valence-electron chi connectivity index (χ1n) is 6.89. The summed E-state index contributed by atoms with van der Waals surface area (Å²) in [5.74, 6) is -0.429. The van der Waals surface area contributed by atoms with Crippen LogP contribution in [-0.4, -0.2) is 18.5 Å². The molecule has 2 aromatic carbocycles. The third kappa shape index (κ3) is 5.88. The molecule has 0 bridgehead atoms. The lowest BCUT2D eigenvalue weighted by atomic mass is 10.2. The van der Waals surface area contributed by atoms with Gasteiger partial charge in [0.1, 0.15) is 13.2 Å². The molecule has 0 spiro atoms. The summed E-state index contributed by atoms with van der Waals surface area (Å²) in [4.78, 5) is 23.1. The Labute approximate surface area is 138 Å². The minimum absolute atomic E-state index is 0.145. The van der Waals surface area contributed by atoms with E-state index in [1.54, 1.807) is 24.3 Å². The molecule has 0 aromatic heterocycles. The number of alkyl carbamates (subject to hydrolysis) is 1. The van der Waals surface area contributed by atoms with E-state index in [2.05, 4.69) is 16.2 Å². The van der Waals surface area contributed by atoms with Crippen molar-refractivity contribution < 1.29 is 14.3 Å². The summed E-state index contributed by atoms with van der Waals surface area (Å²) in [7, 11) is 0. The maximum atomic E-state index is 11.6. The molecule has 0 atom stereocenters. The van der Waals surface area contributed by atoms with E-state index in [4.69, 9.17) is 16.3 Å². The SMILES string of the molecule is O=C(CNC(=O)OCc1ccccc1)NNc1ccccc1Cl. The van der Waals surface area contributed by atoms with Gasteiger partial charge in [0.15, 0.2) is 0 Å². The number of rotatable bonds is 6. The molecule has 0 aliphatic carbocycles. The molecule has 7 heteroatoms. The largest absolute Gasteiger partial charge is 0.445 e. The quantitative estimate of drug-likeness (QED) is 0.710. The molecular formula is C16H16ClN3O3. The predicted molar refractivity (Wildman–Crippen MR) is 87.8 cm³/mol. The number of halogens is 1. The van der Waals surface area contributed by atoms with Crippen molar-refractivity contribution in [3.63, 3.8) is 0 Å². The Morgan fingerprint density at radius 3 is 2.43 bits per heavy atom. The molecule has 23 heavy (non-hydrogen) atoms. The number of hydrogen-bond acceptors (Lipinski definition) is 4. The maximum Gasteiger partial charge on any atom is 0.407 e. The molecule has 3 N–H and O–H groups in total. The van der Waals surface area contributed by atoms with Crippen LogP contribution in [0.1, 0.15) is 5.56 Å². The number of carbonyl (C=O) groups is 2. The molecule has 2 amide bonds. The third-order valence-electron chi connectivity index (χ3n) is 2.82. The van der Waals surface area contributed by atoms with Crippen molar-refractivity contribution >= 4 is 29.3 Å². The van der Waals surface area contributed by atoms with Gasteiger partial charge in [-0.1, -0.05) is 54.1 Å². The molecule has 0 saturated carbocycles. The molecule has 0 aliphatic rings. The number of anilines is 1. The van der Waals surface area contributed by atoms with E-state index in [0.717, 1.165) is 5.56 Å². The number of ether oxygens (including phenoxy) is 1. The van der Waals surface area contributed by atoms with E-state index < -0.39 is 12.0 Å². The van der Waals surface area contributed by atoms with E-state index >= 15 is 0 Å². The van der Waals surface area contributed by atoms with Crippen LogP contribution in [0.15, 0.2) is 54.6 Å². The highest BCUT2D eigenvalue weighted by molar-refractivity contribution is 6.33. The number of hydrazine groups is 1. The molecule has 120 valence electrons. The van der Waals surface area contributed by atoms with Crippen molar-refractivity contribution in [3.8, 4) is 0 Å². The standard InChI is InChI=1S/C16H16ClN3O3/c17-13-8-4-5-9-14(13)19-20-15(21)10-18-16(22)23-11-12-6-2-1-3-7-12/h1-9,19H,10-11H2,(H,18,22)(H,20,21). The summed E-state index contributed by atoms with van der Waals surface area (Å²) < 4.78 is 4.99. The minimum atomic E-state index is -0.665. The first kappa shape index (κ1) is 16.6. The molecule has 0 heterocycles. The predicted octanol–water partition coefficient (Wildman–Crippen LogP) is 2.71. The Balaban J connectivity index is 1.66. The summed E-state index contributed by atoms with van der Waals surface area (Å²) in [5.41, 5.74) is 6.53. The number of benzene rings is 2. The van der Waals surface area contributed by atoms with Gasteiger partial charge in [0, 0.05) is 0 Å². The molecule has 2 rings (SSSR count). The lowest BCUT2D eigenvalue weighted by molar-refractivity contribution is -0.119. The summed E-state index contributed by atoms with van der Waals surface area (Å²) >= 11 is 5.93. The highest BCUT2D eigenvalue weighted by Crippen LogP contribution is 2.19. The topological polar surface area (TPSA) is 79.5 Å². The zero-order valence-electron chi connectivity index (χ0n) is 12.2. The Hall–Kier alpha value is -2.73. The number of amides is 2. The van der Waals surface area contributed by atoms with Crippen molar-refractivity contribution in [1.82, 2.24) is 10.7 Å². The van der Waals surface area contributed by atoms with E-state index in [0.29, 0.717) is 10.7 Å². The van der Waals surface area contributed by atoms with E-state index in [-0.39, 0.29) is 13.2 Å². The average Bonchev–Trinajstić information content (AvgIpc) is 2.58. The molecule has 0 saturated heterocycles. The maximum absolute atomic E-state index is 11.6. The van der Waals surface area contributed by atoms with Crippen LogP contribution in [-0.2, 0) is 16.1 Å². The van der Waals surface area contributed by atoms with Gasteiger partial charge in [-0.3, -0.25) is 15.6 Å². The second kappa shape index (κ2) is 8.65. The second-order valence-corrected chi connectivity index (χ2v) is 4.98. The third-order valence-corrected chi connectivity index (χ3v) is 3.15. The fraction of sp³-hybridized carbons (Fsp3) is 0.125. The average molecular weight is 334 g/mol. The van der Waals surface area contributed by atoms with Gasteiger partial charge in [0.25, 0.3) is 5.91 Å². The lowest BCUT2D eigenvalue weighted by Gasteiger charge is -2.10. The zero-order chi connectivity index (χ0) is 16.5. The van der Waals surface area contributed by atoms with Crippen LogP contribution in [0.2, 0.25) is 5.02 Å². The highest BCUT2D eigenvalue weighted by Gasteiger charge is 2.07. The fourth-order valence-corrected chi connectivity index (χ4v) is 1.85. The molecule has 6 nitrogen and oxygen atoms in total. The van der Waals surface area contributed by atoms with Gasteiger partial charge in [0.05, 0.1) is 10.7 Å². The van der Waals surface area contributed by atoms with Crippen LogP contribution in [0.3, 0.4) is 0 Å². The van der Waals surface area contributed by atoms with Crippen molar-refractivity contribution in [3.05, 3.63) is 65.2 Å². The number of nitrogens with one attached hydrogen (secondary N) is 3. The Morgan fingerprint density at radius 1 is 1.00 bits per heavy atom. The normalized spacial score (nSPS) is 9.78. The molecule has 2 aromatic rings. The Bertz CT molecular complexity index is 665. The highest BCUT2D eigenvalue weighted by atomic mass is 35.5. The first-order chi connectivity index (χ1) is 11.1. The van der Waals surface area contributed by atoms with Crippen LogP contribution in [0, 0.1) is 0 Å². The molecular weight excluding hydrogens is 318 g/mol. The summed E-state index contributed by atoms with van der Waals surface area (Å²) in [5, 5.41) is 2.83. The van der Waals surface area contributed by atoms with Crippen LogP contribution >= 0.6 is 11.6 Å². The monoisotopic (exact) mass is 333 g/mol. The first-order valence-corrected chi connectivity index (χ1v) is 7.27. The smallest absolute Gasteiger partial charge is 0.407 e. The van der Waals surface area contributed by atoms with Crippen molar-refractivity contribution in [2.75, 3.05) is 12.0 Å². The Morgan fingerprint density at radius 2 is 1.70 bits per heavy atom. The van der Waals surface area contributed by atoms with Gasteiger partial charge < -0.3 is 10.1 Å². The van der Waals surface area contributed by atoms with E-state index in [9.17, 15) is 9.59 Å². The molecule has 0 radical (unpaired) electrons. The zero-order valence-corrected chi connectivity index (χ0v) is 13.0. The summed E-state index contributed by atoms with van der Waals surface area (Å²) in [6.45, 7) is -0.0722. The van der Waals surface area contributed by atoms with Crippen molar-refractivity contribution in [2.45, 2.75) is 6.61 Å². The lowest BCUT2D eigenvalue weighted by Crippen LogP contribution is -2.39. The summed E-state index contributed by atoms with van der Waals surface area (Å²) in [6.07, 6.45) is -0.665. The van der Waals surface area contributed by atoms with Gasteiger partial charge in [-0.2, -0.15) is 0 Å². The van der Waals surface area contributed by atoms with Crippen LogP contribution in [0.4, 0.5) is 10.5 Å². The number of carbonyl (C=O) groups excluding carboxylic acids is 2. The Kier molecular flexibility index (Phi) is 6.26. The van der Waals surface area contributed by atoms with Crippen molar-refractivity contribution in [2.24, 2.45) is 0 Å². The number of hydrogen-bond donors (Lipinski definition) is 3. The molecule has 0 aliphatic heterocycles. The van der Waals surface area contributed by atoms with E-state index in [1.807, 2.05) is 30.3 Å². The number of para-hydroxylation sites is 1. The van der Waals surface area contributed by atoms with Gasteiger partial charge in [-0.05, 0) is 17.7 Å². The van der Waals surface area contributed by atoms with Gasteiger partial charge >= 0.3 is 6.09 Å².